The summed E-state index contributed by atoms with van der Waals surface area (Å²) >= 11 is 4.62. The van der Waals surface area contributed by atoms with E-state index >= 15 is 0 Å². The maximum atomic E-state index is 12.0. The summed E-state index contributed by atoms with van der Waals surface area (Å²) in [6.45, 7) is 0. The van der Waals surface area contributed by atoms with Gasteiger partial charge in [0.2, 0.25) is 6.08 Å². The molecule has 16 heavy (non-hydrogen) atoms. The first kappa shape index (κ1) is 13.5. The van der Waals surface area contributed by atoms with Crippen molar-refractivity contribution in [1.82, 2.24) is 0 Å². The molecule has 0 heterocycles. The fourth-order valence-corrected chi connectivity index (χ4v) is 1.83. The van der Waals surface area contributed by atoms with Crippen LogP contribution in [0.2, 0.25) is 0 Å². The van der Waals surface area contributed by atoms with Crippen molar-refractivity contribution in [2.75, 3.05) is 0 Å². The summed E-state index contributed by atoms with van der Waals surface area (Å²) in [6.07, 6.45) is -3.46. The third-order valence-electron chi connectivity index (χ3n) is 1.39. The maximum Gasteiger partial charge on any atom is 0.573 e. The summed E-state index contributed by atoms with van der Waals surface area (Å²) in [4.78, 5) is 13.4. The van der Waals surface area contributed by atoms with Crippen molar-refractivity contribution in [1.29, 1.82) is 0 Å². The minimum atomic E-state index is -4.76. The van der Waals surface area contributed by atoms with Crippen molar-refractivity contribution in [2.45, 2.75) is 6.36 Å². The van der Waals surface area contributed by atoms with Crippen LogP contribution < -0.4 is 4.74 Å². The van der Waals surface area contributed by atoms with Gasteiger partial charge >= 0.3 is 6.36 Å². The molecule has 0 aliphatic rings. The molecule has 1 rings (SSSR count). The van der Waals surface area contributed by atoms with Gasteiger partial charge in [0, 0.05) is 3.57 Å². The average molecular weight is 408 g/mol. The van der Waals surface area contributed by atoms with Crippen LogP contribution in [0, 0.1) is 3.57 Å². The molecule has 0 spiro atoms. The normalized spacial score (nSPS) is 10.8. The molecule has 0 N–H and O–H groups in total. The molecule has 0 saturated carbocycles. The summed E-state index contributed by atoms with van der Waals surface area (Å²) < 4.78 is 40.1. The number of carbonyl (C=O) groups excluding carboxylic acids is 1. The standard InChI is InChI=1S/C8H2BrF3INO2/c9-4-1-6(14-3-15)5(13)2-7(4)16-8(10,11)12/h1-2H. The van der Waals surface area contributed by atoms with Crippen LogP contribution in [0.1, 0.15) is 0 Å². The monoisotopic (exact) mass is 407 g/mol. The molecule has 8 heteroatoms. The zero-order chi connectivity index (χ0) is 12.3. The number of benzene rings is 1. The molecule has 0 fully saturated rings. The lowest BCUT2D eigenvalue weighted by Gasteiger charge is -2.11. The van der Waals surface area contributed by atoms with Crippen LogP contribution in [0.15, 0.2) is 21.6 Å². The predicted molar refractivity (Wildman–Crippen MR) is 61.3 cm³/mol. The van der Waals surface area contributed by atoms with Crippen molar-refractivity contribution in [3.8, 4) is 5.75 Å². The Morgan fingerprint density at radius 3 is 2.56 bits per heavy atom. The number of hydrogen-bond acceptors (Lipinski definition) is 3. The molecule has 0 aliphatic carbocycles. The Labute approximate surface area is 110 Å². The summed E-state index contributed by atoms with van der Waals surface area (Å²) in [7, 11) is 0. The fraction of sp³-hybridized carbons (Fsp3) is 0.125. The Morgan fingerprint density at radius 2 is 2.06 bits per heavy atom. The van der Waals surface area contributed by atoms with Crippen LogP contribution in [0.5, 0.6) is 5.75 Å². The Kier molecular flexibility index (Phi) is 4.34. The second-order valence-corrected chi connectivity index (χ2v) is 4.50. The van der Waals surface area contributed by atoms with Crippen LogP contribution in [0.3, 0.4) is 0 Å². The molecule has 0 aromatic heterocycles. The molecule has 0 amide bonds. The van der Waals surface area contributed by atoms with Gasteiger partial charge in [-0.3, -0.25) is 0 Å². The minimum Gasteiger partial charge on any atom is -0.405 e. The highest BCUT2D eigenvalue weighted by Crippen LogP contribution is 2.36. The number of nitrogens with zero attached hydrogens (tertiary/aromatic N) is 1. The van der Waals surface area contributed by atoms with Crippen LogP contribution in [0.4, 0.5) is 18.9 Å². The molecule has 0 bridgehead atoms. The van der Waals surface area contributed by atoms with Crippen LogP contribution in [-0.4, -0.2) is 12.4 Å². The number of rotatable bonds is 2. The Balaban J connectivity index is 3.15. The largest absolute Gasteiger partial charge is 0.573 e. The van der Waals surface area contributed by atoms with Gasteiger partial charge in [0.15, 0.2) is 0 Å². The van der Waals surface area contributed by atoms with Gasteiger partial charge in [-0.05, 0) is 50.7 Å². The highest BCUT2D eigenvalue weighted by atomic mass is 127. The van der Waals surface area contributed by atoms with Crippen LogP contribution in [-0.2, 0) is 4.79 Å². The topological polar surface area (TPSA) is 38.7 Å². The van der Waals surface area contributed by atoms with Crippen molar-refractivity contribution >= 4 is 50.3 Å². The number of isocyanates is 1. The Hall–Kier alpha value is -0.600. The maximum absolute atomic E-state index is 12.0. The van der Waals surface area contributed by atoms with Gasteiger partial charge in [-0.15, -0.1) is 13.2 Å². The summed E-state index contributed by atoms with van der Waals surface area (Å²) in [6, 6.07) is 2.36. The van der Waals surface area contributed by atoms with E-state index in [1.54, 1.807) is 22.6 Å². The summed E-state index contributed by atoms with van der Waals surface area (Å²) in [5.74, 6) is -0.387. The van der Waals surface area contributed by atoms with E-state index in [1.807, 2.05) is 0 Å². The predicted octanol–water partition coefficient (Wildman–Crippen LogP) is 3.92. The second-order valence-electron chi connectivity index (χ2n) is 2.48. The fourth-order valence-electron chi connectivity index (χ4n) is 0.856. The molecule has 1 aromatic carbocycles. The van der Waals surface area contributed by atoms with Gasteiger partial charge < -0.3 is 4.74 Å². The highest BCUT2D eigenvalue weighted by molar-refractivity contribution is 14.1. The Bertz CT molecular complexity index is 457. The number of alkyl halides is 3. The quantitative estimate of drug-likeness (QED) is 0.423. The first-order chi connectivity index (χ1) is 7.33. The molecule has 0 saturated heterocycles. The highest BCUT2D eigenvalue weighted by Gasteiger charge is 2.32. The minimum absolute atomic E-state index is 0.0549. The number of aliphatic imine (C=N–C) groups is 1. The third kappa shape index (κ3) is 3.76. The van der Waals surface area contributed by atoms with E-state index in [9.17, 15) is 18.0 Å². The van der Waals surface area contributed by atoms with Gasteiger partial charge in [0.05, 0.1) is 10.2 Å². The molecule has 3 nitrogen and oxygen atoms in total. The van der Waals surface area contributed by atoms with Gasteiger partial charge in [-0.2, -0.15) is 4.99 Å². The van der Waals surface area contributed by atoms with E-state index in [0.29, 0.717) is 3.57 Å². The first-order valence-corrected chi connectivity index (χ1v) is 5.53. The second kappa shape index (κ2) is 5.15. The number of hydrogen-bond donors (Lipinski definition) is 0. The van der Waals surface area contributed by atoms with Gasteiger partial charge in [-0.25, -0.2) is 4.79 Å². The van der Waals surface area contributed by atoms with Crippen molar-refractivity contribution < 1.29 is 22.7 Å². The zero-order valence-electron chi connectivity index (χ0n) is 7.31. The van der Waals surface area contributed by atoms with E-state index in [2.05, 4.69) is 25.7 Å². The molecular formula is C8H2BrF3INO2. The van der Waals surface area contributed by atoms with E-state index in [0.717, 1.165) is 6.07 Å². The molecule has 0 radical (unpaired) electrons. The molecule has 1 aromatic rings. The van der Waals surface area contributed by atoms with Crippen molar-refractivity contribution in [2.24, 2.45) is 4.99 Å². The SMILES string of the molecule is O=C=Nc1cc(Br)c(OC(F)(F)F)cc1I. The summed E-state index contributed by atoms with van der Waals surface area (Å²) in [5, 5.41) is 0. The van der Waals surface area contributed by atoms with Crippen molar-refractivity contribution in [3.63, 3.8) is 0 Å². The van der Waals surface area contributed by atoms with Crippen LogP contribution in [0.25, 0.3) is 0 Å². The molecule has 0 unspecified atom stereocenters. The van der Waals surface area contributed by atoms with Gasteiger partial charge in [0.1, 0.15) is 5.75 Å². The lowest BCUT2D eigenvalue weighted by molar-refractivity contribution is -0.274. The number of ether oxygens (including phenoxy) is 1. The molecular weight excluding hydrogens is 406 g/mol. The van der Waals surface area contributed by atoms with Crippen LogP contribution >= 0.6 is 38.5 Å². The van der Waals surface area contributed by atoms with E-state index in [1.165, 1.54) is 12.1 Å². The third-order valence-corrected chi connectivity index (χ3v) is 2.88. The summed E-state index contributed by atoms with van der Waals surface area (Å²) in [5.41, 5.74) is 0.219. The van der Waals surface area contributed by atoms with Gasteiger partial charge in [-0.1, -0.05) is 0 Å². The van der Waals surface area contributed by atoms with E-state index < -0.39 is 6.36 Å². The lowest BCUT2D eigenvalue weighted by Crippen LogP contribution is -2.17. The Morgan fingerprint density at radius 1 is 1.44 bits per heavy atom. The van der Waals surface area contributed by atoms with Crippen molar-refractivity contribution in [3.05, 3.63) is 20.2 Å². The number of halogens is 5. The van der Waals surface area contributed by atoms with E-state index in [4.69, 9.17) is 0 Å². The smallest absolute Gasteiger partial charge is 0.405 e. The first-order valence-electron chi connectivity index (χ1n) is 3.66. The molecule has 0 atom stereocenters. The average Bonchev–Trinajstić information content (AvgIpc) is 2.11. The zero-order valence-corrected chi connectivity index (χ0v) is 11.1. The molecule has 86 valence electrons. The van der Waals surface area contributed by atoms with E-state index in [-0.39, 0.29) is 15.9 Å². The van der Waals surface area contributed by atoms with Gasteiger partial charge in [0.25, 0.3) is 0 Å². The lowest BCUT2D eigenvalue weighted by atomic mass is 10.3. The molecule has 0 aliphatic heterocycles.